The Balaban J connectivity index is 1.12. The van der Waals surface area contributed by atoms with Crippen LogP contribution >= 0.6 is 0 Å². The Morgan fingerprint density at radius 1 is 0.256 bits per heavy atom. The van der Waals surface area contributed by atoms with Gasteiger partial charge in [0.2, 0.25) is 8.24 Å². The first-order chi connectivity index (χ1) is 38.8. The Morgan fingerprint density at radius 3 is 0.654 bits per heavy atom. The van der Waals surface area contributed by atoms with Gasteiger partial charge in [-0.3, -0.25) is 0 Å². The number of hydrogen-bond acceptors (Lipinski definition) is 1. The standard InChI is InChI=1S/C76H21NSi/c1-3-77(4-2)78(15-11-7-5-8-12-15,16-13-9-6-10-14-16)76-73-69-63-49-41-33-21-18-17-19-22(21)34-36-32-26(19)28-24-20(17)23-27-25(18)31-35(33)47(49)55-53-39(31)37(27)45-43-29(23)30(24)44-46-38(28)40(32)54-56-48(36)50(42(34)41)64(63)70(73)66(56)68-60(54)58(46)62-52(44)51(43)61-57(45)59(53)67(65(55)69)74(76)71(61)72(62)75(68)76/h5-14,73H,3-4H2,1-2H3. The summed E-state index contributed by atoms with van der Waals surface area (Å²) in [5.41, 5.74) is 7.10. The van der Waals surface area contributed by atoms with Crippen LogP contribution in [0.25, 0.3) is 291 Å². The normalized spacial score (nSPS) is 20.1. The van der Waals surface area contributed by atoms with Crippen LogP contribution in [0.2, 0.25) is 0 Å². The fraction of sp³-hybridized carbons (Fsp3) is 0.0789. The first kappa shape index (κ1) is 31.3. The second-order valence-corrected chi connectivity index (χ2v) is 31.7. The van der Waals surface area contributed by atoms with Gasteiger partial charge < -0.3 is 4.57 Å². The van der Waals surface area contributed by atoms with Crippen molar-refractivity contribution in [3.8, 4) is 0 Å². The summed E-state index contributed by atoms with van der Waals surface area (Å²) in [6, 6.07) is 25.0. The average molecular weight is 976 g/mol. The van der Waals surface area contributed by atoms with Crippen LogP contribution in [0.4, 0.5) is 0 Å². The monoisotopic (exact) mass is 975 g/mol. The predicted octanol–water partition coefficient (Wildman–Crippen LogP) is 18.8. The Morgan fingerprint density at radius 2 is 0.436 bits per heavy atom. The minimum Gasteiger partial charge on any atom is -0.316 e. The van der Waals surface area contributed by atoms with E-state index < -0.39 is 8.24 Å². The second kappa shape index (κ2) is 7.58. The summed E-state index contributed by atoms with van der Waals surface area (Å²) in [5, 5.41) is 93.0. The third-order valence-corrected chi connectivity index (χ3v) is 33.2. The summed E-state index contributed by atoms with van der Waals surface area (Å²) >= 11 is 0. The molecule has 30 aromatic rings. The SMILES string of the molecule is CCN(CC)[Si](c1ccccc1)(c1ccccc1)C12c3c4c5c6c7c8c(c9c%10c1c1c3c3c%11c4c4c5c5c7c7c%12c8c8c9c9c%10c%10c1c1c3c3c%11c%11c4c4c5c7c5c7c%12c8c8c9c9c%10c1c1c3c3c%11c4c5c4c7c8c9c1c34)C62. The maximum Gasteiger partial charge on any atom is 0.208 e. The molecule has 0 aliphatic heterocycles. The molecule has 34 rings (SSSR count). The lowest BCUT2D eigenvalue weighted by atomic mass is 9.67. The van der Waals surface area contributed by atoms with Gasteiger partial charge in [0.15, 0.2) is 0 Å². The highest BCUT2D eigenvalue weighted by Gasteiger charge is 2.73. The third-order valence-electron chi connectivity index (χ3n) is 27.3. The molecular formula is C76H21NSi. The fourth-order valence-corrected chi connectivity index (χ4v) is 33.7. The van der Waals surface area contributed by atoms with Crippen molar-refractivity contribution >= 4 is 309 Å². The number of benzene rings is 20. The Hall–Kier alpha value is -8.92. The zero-order chi connectivity index (χ0) is 47.3. The topological polar surface area (TPSA) is 3.24 Å². The molecule has 4 aliphatic carbocycles. The molecule has 0 radical (unpaired) electrons. The van der Waals surface area contributed by atoms with E-state index in [1.54, 1.807) is 323 Å². The molecular weight excluding hydrogens is 955 g/mol. The Bertz CT molecular complexity index is 7510. The highest BCUT2D eigenvalue weighted by Crippen LogP contribution is 2.84. The molecule has 0 spiro atoms. The van der Waals surface area contributed by atoms with E-state index in [0.29, 0.717) is 0 Å². The first-order valence-corrected chi connectivity index (χ1v) is 31.4. The molecule has 0 aromatic heterocycles. The van der Waals surface area contributed by atoms with Crippen molar-refractivity contribution in [3.05, 3.63) is 82.9 Å². The van der Waals surface area contributed by atoms with Crippen molar-refractivity contribution in [3.63, 3.8) is 0 Å². The van der Waals surface area contributed by atoms with Gasteiger partial charge in [-0.2, -0.15) is 0 Å². The van der Waals surface area contributed by atoms with Gasteiger partial charge in [-0.1, -0.05) is 74.5 Å². The summed E-state index contributed by atoms with van der Waals surface area (Å²) in [6.07, 6.45) is 0. The lowest BCUT2D eigenvalue weighted by molar-refractivity contribution is 0.438. The molecule has 334 valence electrons. The lowest BCUT2D eigenvalue weighted by Crippen LogP contribution is -2.82. The van der Waals surface area contributed by atoms with Crippen molar-refractivity contribution in [1.82, 2.24) is 4.57 Å². The fourth-order valence-electron chi connectivity index (χ4n) is 27.0. The third kappa shape index (κ3) is 1.79. The Kier molecular flexibility index (Phi) is 3.04. The molecule has 78 heavy (non-hydrogen) atoms. The molecule has 30 aromatic carbocycles. The van der Waals surface area contributed by atoms with Gasteiger partial charge >= 0.3 is 0 Å². The van der Waals surface area contributed by atoms with Gasteiger partial charge in [0.25, 0.3) is 0 Å². The van der Waals surface area contributed by atoms with Crippen molar-refractivity contribution in [2.45, 2.75) is 24.8 Å². The zero-order valence-electron chi connectivity index (χ0n) is 41.2. The molecule has 1 nitrogen and oxygen atoms in total. The summed E-state index contributed by atoms with van der Waals surface area (Å²) in [5.74, 6) is 0.177. The average Bonchev–Trinajstić information content (AvgIpc) is 1.53. The lowest BCUT2D eigenvalue weighted by Gasteiger charge is -2.59. The van der Waals surface area contributed by atoms with Crippen LogP contribution in [0.5, 0.6) is 0 Å². The molecule has 0 saturated heterocycles. The molecule has 0 fully saturated rings. The van der Waals surface area contributed by atoms with Gasteiger partial charge in [0.05, 0.1) is 5.04 Å². The Labute approximate surface area is 432 Å². The minimum atomic E-state index is -3.33. The van der Waals surface area contributed by atoms with Crippen LogP contribution in [0, 0.1) is 0 Å². The van der Waals surface area contributed by atoms with Crippen LogP contribution in [0.15, 0.2) is 60.7 Å². The molecule has 0 unspecified atom stereocenters. The van der Waals surface area contributed by atoms with E-state index in [9.17, 15) is 0 Å². The highest BCUT2D eigenvalue weighted by atomic mass is 28.3. The van der Waals surface area contributed by atoms with Gasteiger partial charge in [-0.05, 0) is 337 Å². The van der Waals surface area contributed by atoms with Gasteiger partial charge in [-0.25, -0.2) is 0 Å². The van der Waals surface area contributed by atoms with Crippen molar-refractivity contribution < 1.29 is 0 Å². The molecule has 0 saturated carbocycles. The van der Waals surface area contributed by atoms with E-state index in [-0.39, 0.29) is 11.0 Å². The van der Waals surface area contributed by atoms with E-state index in [1.807, 2.05) is 0 Å². The smallest absolute Gasteiger partial charge is 0.208 e. The molecule has 0 N–H and O–H groups in total. The molecule has 0 heterocycles. The van der Waals surface area contributed by atoms with E-state index >= 15 is 0 Å². The summed E-state index contributed by atoms with van der Waals surface area (Å²) < 4.78 is 3.17. The number of hydrogen-bond donors (Lipinski definition) is 0. The summed E-state index contributed by atoms with van der Waals surface area (Å²) in [4.78, 5) is 0. The maximum atomic E-state index is 3.17. The zero-order valence-corrected chi connectivity index (χ0v) is 42.2. The maximum absolute atomic E-state index is 3.33. The van der Waals surface area contributed by atoms with E-state index in [0.717, 1.165) is 13.1 Å². The second-order valence-electron chi connectivity index (χ2n) is 27.7. The van der Waals surface area contributed by atoms with Crippen molar-refractivity contribution in [1.29, 1.82) is 0 Å². The van der Waals surface area contributed by atoms with Crippen LogP contribution < -0.4 is 10.4 Å². The first-order valence-electron chi connectivity index (χ1n) is 29.5. The minimum absolute atomic E-state index is 0.177. The number of rotatable bonds is 6. The summed E-state index contributed by atoms with van der Waals surface area (Å²) in [6.45, 7) is 7.10. The molecule has 0 amide bonds. The molecule has 0 atom stereocenters. The molecule has 2 heteroatoms. The van der Waals surface area contributed by atoms with Crippen molar-refractivity contribution in [2.75, 3.05) is 13.1 Å². The highest BCUT2D eigenvalue weighted by molar-refractivity contribution is 7.04. The quantitative estimate of drug-likeness (QED) is 0.119. The van der Waals surface area contributed by atoms with E-state index in [2.05, 4.69) is 79.1 Å². The molecule has 4 aliphatic rings. The van der Waals surface area contributed by atoms with Crippen molar-refractivity contribution in [2.24, 2.45) is 0 Å². The largest absolute Gasteiger partial charge is 0.316 e. The number of nitrogens with zero attached hydrogens (tertiary/aromatic N) is 1. The van der Waals surface area contributed by atoms with Crippen LogP contribution in [-0.2, 0) is 5.04 Å². The molecule has 0 bridgehead atoms. The van der Waals surface area contributed by atoms with Crippen LogP contribution in [0.1, 0.15) is 42.0 Å². The summed E-state index contributed by atoms with van der Waals surface area (Å²) in [7, 11) is -3.33. The van der Waals surface area contributed by atoms with Gasteiger partial charge in [-0.15, -0.1) is 0 Å². The predicted molar refractivity (Wildman–Crippen MR) is 336 cm³/mol. The van der Waals surface area contributed by atoms with Gasteiger partial charge in [0.1, 0.15) is 0 Å². The van der Waals surface area contributed by atoms with Crippen LogP contribution in [-0.4, -0.2) is 25.9 Å². The van der Waals surface area contributed by atoms with Crippen LogP contribution in [0.3, 0.4) is 0 Å². The van der Waals surface area contributed by atoms with Gasteiger partial charge in [0, 0.05) is 5.92 Å². The van der Waals surface area contributed by atoms with E-state index in [4.69, 9.17) is 0 Å². The van der Waals surface area contributed by atoms with E-state index in [1.165, 1.54) is 0 Å².